The number of fused-ring (bicyclic) bond motifs is 5. The van der Waals surface area contributed by atoms with Crippen molar-refractivity contribution in [3.8, 4) is 0 Å². The molecule has 0 N–H and O–H groups in total. The predicted octanol–water partition coefficient (Wildman–Crippen LogP) is 4.94. The lowest BCUT2D eigenvalue weighted by Gasteiger charge is -2.60. The predicted molar refractivity (Wildman–Crippen MR) is 101 cm³/mol. The number of carbonyl (C=O) groups is 2. The van der Waals surface area contributed by atoms with Crippen molar-refractivity contribution < 1.29 is 14.3 Å². The molecule has 3 nitrogen and oxygen atoms in total. The van der Waals surface area contributed by atoms with Crippen LogP contribution in [0.3, 0.4) is 0 Å². The summed E-state index contributed by atoms with van der Waals surface area (Å²) in [5.41, 5.74) is 0.0865. The fraction of sp³-hybridized carbons (Fsp3) is 0.826. The normalized spacial score (nSPS) is 49.1. The van der Waals surface area contributed by atoms with Gasteiger partial charge in [-0.15, -0.1) is 0 Å². The average molecular weight is 359 g/mol. The maximum absolute atomic E-state index is 12.6. The summed E-state index contributed by atoms with van der Waals surface area (Å²) in [5.74, 6) is 2.46. The summed E-state index contributed by atoms with van der Waals surface area (Å²) in [6.45, 7) is 10.7. The lowest BCUT2D eigenvalue weighted by molar-refractivity contribution is -0.159. The first-order valence-electron chi connectivity index (χ1n) is 10.5. The highest BCUT2D eigenvalue weighted by molar-refractivity contribution is 5.85. The monoisotopic (exact) mass is 358 g/mol. The zero-order valence-electron chi connectivity index (χ0n) is 17.0. The van der Waals surface area contributed by atoms with Gasteiger partial charge in [-0.2, -0.15) is 0 Å². The Hall–Kier alpha value is -1.12. The summed E-state index contributed by atoms with van der Waals surface area (Å²) in [7, 11) is 0. The summed E-state index contributed by atoms with van der Waals surface area (Å²) >= 11 is 0. The molecule has 0 aromatic rings. The van der Waals surface area contributed by atoms with Gasteiger partial charge < -0.3 is 4.74 Å². The van der Waals surface area contributed by atoms with E-state index in [-0.39, 0.29) is 28.3 Å². The third kappa shape index (κ3) is 2.31. The van der Waals surface area contributed by atoms with Gasteiger partial charge in [-0.3, -0.25) is 9.59 Å². The van der Waals surface area contributed by atoms with Gasteiger partial charge in [0, 0.05) is 24.2 Å². The fourth-order valence-corrected chi connectivity index (χ4v) is 7.55. The van der Waals surface area contributed by atoms with E-state index in [0.29, 0.717) is 29.5 Å². The number of esters is 1. The van der Waals surface area contributed by atoms with Gasteiger partial charge >= 0.3 is 5.97 Å². The Morgan fingerprint density at radius 3 is 2.38 bits per heavy atom. The number of hydrogen-bond donors (Lipinski definition) is 0. The number of rotatable bonds is 1. The molecule has 4 rings (SSSR count). The molecule has 3 saturated carbocycles. The summed E-state index contributed by atoms with van der Waals surface area (Å²) in [4.78, 5) is 24.1. The van der Waals surface area contributed by atoms with Gasteiger partial charge in [0.2, 0.25) is 0 Å². The Morgan fingerprint density at radius 2 is 1.69 bits per heavy atom. The molecule has 26 heavy (non-hydrogen) atoms. The molecule has 0 saturated heterocycles. The summed E-state index contributed by atoms with van der Waals surface area (Å²) in [5, 5.41) is 0. The number of carbonyl (C=O) groups excluding carboxylic acids is 2. The van der Waals surface area contributed by atoms with Crippen LogP contribution in [-0.2, 0) is 14.3 Å². The summed E-state index contributed by atoms with van der Waals surface area (Å²) in [6.07, 6.45) is 11.2. The van der Waals surface area contributed by atoms with Gasteiger partial charge in [-0.1, -0.05) is 39.8 Å². The van der Waals surface area contributed by atoms with Gasteiger partial charge in [-0.05, 0) is 61.2 Å². The minimum atomic E-state index is -0.245. The number of Topliss-reactive ketones (excluding diaryl/α,β-unsaturated/α-hetero) is 1. The van der Waals surface area contributed by atoms with Gasteiger partial charge in [0.1, 0.15) is 11.9 Å². The molecular weight excluding hydrogens is 324 g/mol. The first kappa shape index (κ1) is 18.3. The van der Waals surface area contributed by atoms with Crippen molar-refractivity contribution in [1.29, 1.82) is 0 Å². The second-order valence-corrected chi connectivity index (χ2v) is 10.5. The number of ketones is 1. The molecule has 0 spiro atoms. The molecule has 0 aromatic heterocycles. The lowest BCUT2D eigenvalue weighted by atomic mass is 9.43. The molecule has 0 aromatic carbocycles. The average Bonchev–Trinajstić information content (AvgIpc) is 2.88. The van der Waals surface area contributed by atoms with E-state index in [1.54, 1.807) is 0 Å². The molecule has 0 amide bonds. The highest BCUT2D eigenvalue weighted by atomic mass is 16.5. The highest BCUT2D eigenvalue weighted by Crippen LogP contribution is 2.66. The van der Waals surface area contributed by atoms with E-state index in [1.807, 2.05) is 0 Å². The van der Waals surface area contributed by atoms with Crippen LogP contribution in [0.5, 0.6) is 0 Å². The quantitative estimate of drug-likeness (QED) is 0.492. The Kier molecular flexibility index (Phi) is 3.99. The molecule has 3 heteroatoms. The Morgan fingerprint density at radius 1 is 1.00 bits per heavy atom. The van der Waals surface area contributed by atoms with Gasteiger partial charge in [0.25, 0.3) is 0 Å². The molecule has 0 bridgehead atoms. The van der Waals surface area contributed by atoms with E-state index in [1.165, 1.54) is 13.3 Å². The number of hydrogen-bond acceptors (Lipinski definition) is 3. The van der Waals surface area contributed by atoms with Crippen LogP contribution in [0.15, 0.2) is 12.2 Å². The smallest absolute Gasteiger partial charge is 0.302 e. The van der Waals surface area contributed by atoms with Crippen LogP contribution < -0.4 is 0 Å². The van der Waals surface area contributed by atoms with E-state index in [4.69, 9.17) is 4.74 Å². The van der Waals surface area contributed by atoms with Crippen LogP contribution >= 0.6 is 0 Å². The maximum atomic E-state index is 12.6. The van der Waals surface area contributed by atoms with Crippen LogP contribution in [0, 0.1) is 39.9 Å². The molecule has 4 aliphatic rings. The van der Waals surface area contributed by atoms with E-state index < -0.39 is 0 Å². The van der Waals surface area contributed by atoms with Gasteiger partial charge in [-0.25, -0.2) is 0 Å². The minimum absolute atomic E-state index is 0.0780. The minimum Gasteiger partial charge on any atom is -0.462 e. The van der Waals surface area contributed by atoms with Crippen LogP contribution in [0.25, 0.3) is 0 Å². The molecule has 0 heterocycles. The standard InChI is InChI=1S/C23H34O3/c1-14(24)26-20-9-7-16-15-6-8-18-21(2,3)19(25)11-13-22(18,4)17(15)10-12-23(16,20)5/h6,8,15-18,20H,7,9-13H2,1-5H3/t15-,16-,17-,18+,20-,22-,23+/m1/s1. The molecule has 0 aliphatic heterocycles. The van der Waals surface area contributed by atoms with Crippen LogP contribution in [0.1, 0.15) is 73.1 Å². The first-order chi connectivity index (χ1) is 12.1. The van der Waals surface area contributed by atoms with Crippen LogP contribution in [0.4, 0.5) is 0 Å². The molecule has 0 radical (unpaired) electrons. The lowest BCUT2D eigenvalue weighted by Crippen LogP contribution is -2.57. The number of ether oxygens (including phenoxy) is 1. The Balaban J connectivity index is 1.68. The van der Waals surface area contributed by atoms with Crippen molar-refractivity contribution in [1.82, 2.24) is 0 Å². The maximum Gasteiger partial charge on any atom is 0.302 e. The summed E-state index contributed by atoms with van der Waals surface area (Å²) in [6, 6.07) is 0. The number of allylic oxidation sites excluding steroid dienone is 2. The Bertz CT molecular complexity index is 662. The van der Waals surface area contributed by atoms with E-state index in [9.17, 15) is 9.59 Å². The third-order valence-corrected chi connectivity index (χ3v) is 9.02. The van der Waals surface area contributed by atoms with Crippen molar-refractivity contribution in [3.05, 3.63) is 12.2 Å². The Labute approximate surface area is 157 Å². The zero-order valence-corrected chi connectivity index (χ0v) is 17.0. The largest absolute Gasteiger partial charge is 0.462 e. The van der Waals surface area contributed by atoms with Gasteiger partial charge in [0.05, 0.1) is 0 Å². The SMILES string of the molecule is CC(=O)O[C@@H]1CC[C@@H]2[C@H]3C=C[C@H]4C(C)(C)C(=O)CC[C@]4(C)[C@@H]3CC[C@@]21C. The topological polar surface area (TPSA) is 43.4 Å². The van der Waals surface area contributed by atoms with Crippen molar-refractivity contribution in [2.45, 2.75) is 79.2 Å². The van der Waals surface area contributed by atoms with E-state index in [2.05, 4.69) is 39.8 Å². The van der Waals surface area contributed by atoms with Crippen LogP contribution in [0.2, 0.25) is 0 Å². The van der Waals surface area contributed by atoms with E-state index >= 15 is 0 Å². The van der Waals surface area contributed by atoms with E-state index in [0.717, 1.165) is 32.1 Å². The molecule has 4 aliphatic carbocycles. The first-order valence-corrected chi connectivity index (χ1v) is 10.5. The zero-order chi connectivity index (χ0) is 18.9. The molecule has 0 unspecified atom stereocenters. The van der Waals surface area contributed by atoms with Crippen molar-refractivity contribution >= 4 is 11.8 Å². The molecule has 144 valence electrons. The highest BCUT2D eigenvalue weighted by Gasteiger charge is 2.62. The van der Waals surface area contributed by atoms with Crippen LogP contribution in [-0.4, -0.2) is 17.9 Å². The molecule has 3 fully saturated rings. The van der Waals surface area contributed by atoms with Crippen molar-refractivity contribution in [2.75, 3.05) is 0 Å². The second-order valence-electron chi connectivity index (χ2n) is 10.5. The summed E-state index contributed by atoms with van der Waals surface area (Å²) < 4.78 is 5.73. The van der Waals surface area contributed by atoms with Crippen molar-refractivity contribution in [3.63, 3.8) is 0 Å². The fourth-order valence-electron chi connectivity index (χ4n) is 7.55. The third-order valence-electron chi connectivity index (χ3n) is 9.02. The van der Waals surface area contributed by atoms with Gasteiger partial charge in [0.15, 0.2) is 0 Å². The second kappa shape index (κ2) is 5.69. The molecule has 7 atom stereocenters. The molecular formula is C23H34O3. The van der Waals surface area contributed by atoms with Crippen molar-refractivity contribution in [2.24, 2.45) is 39.9 Å².